The Bertz CT molecular complexity index is 588. The van der Waals surface area contributed by atoms with Crippen molar-refractivity contribution < 1.29 is 4.79 Å². The Morgan fingerprint density at radius 1 is 1.35 bits per heavy atom. The van der Waals surface area contributed by atoms with Crippen LogP contribution in [0.4, 0.5) is 0 Å². The second kappa shape index (κ2) is 5.92. The molecule has 0 N–H and O–H groups in total. The van der Waals surface area contributed by atoms with Crippen molar-refractivity contribution >= 4 is 17.1 Å². The maximum absolute atomic E-state index is 12.4. The zero-order valence-electron chi connectivity index (χ0n) is 11.9. The van der Waals surface area contributed by atoms with Crippen molar-refractivity contribution in [3.05, 3.63) is 39.6 Å². The highest BCUT2D eigenvalue weighted by Crippen LogP contribution is 2.29. The van der Waals surface area contributed by atoms with Gasteiger partial charge in [0.25, 0.3) is 0 Å². The van der Waals surface area contributed by atoms with Gasteiger partial charge in [0.1, 0.15) is 5.82 Å². The van der Waals surface area contributed by atoms with Crippen LogP contribution in [0.1, 0.15) is 52.1 Å². The van der Waals surface area contributed by atoms with Gasteiger partial charge in [0.2, 0.25) is 0 Å². The molecular formula is C16H20N2OS. The predicted octanol–water partition coefficient (Wildman–Crippen LogP) is 3.66. The molecule has 3 nitrogen and oxygen atoms in total. The lowest BCUT2D eigenvalue weighted by atomic mass is 10.1. The summed E-state index contributed by atoms with van der Waals surface area (Å²) in [6.07, 6.45) is 10.3. The van der Waals surface area contributed by atoms with Crippen LogP contribution >= 0.6 is 11.3 Å². The smallest absolute Gasteiger partial charge is 0.180 e. The van der Waals surface area contributed by atoms with Crippen LogP contribution in [0.15, 0.2) is 18.5 Å². The molecule has 4 heteroatoms. The molecule has 0 amide bonds. The number of carbonyl (C=O) groups excluding carboxylic acids is 1. The van der Waals surface area contributed by atoms with E-state index in [2.05, 4.69) is 18.0 Å². The number of rotatable bonds is 4. The van der Waals surface area contributed by atoms with Gasteiger partial charge in [0.05, 0.1) is 11.3 Å². The van der Waals surface area contributed by atoms with Crippen molar-refractivity contribution in [3.63, 3.8) is 0 Å². The van der Waals surface area contributed by atoms with Gasteiger partial charge in [-0.25, -0.2) is 4.98 Å². The summed E-state index contributed by atoms with van der Waals surface area (Å²) in [4.78, 5) is 19.1. The number of ketones is 1. The van der Waals surface area contributed by atoms with Gasteiger partial charge in [-0.2, -0.15) is 0 Å². The molecule has 0 aliphatic heterocycles. The number of hydrogen-bond acceptors (Lipinski definition) is 3. The highest BCUT2D eigenvalue weighted by atomic mass is 32.1. The molecule has 3 rings (SSSR count). The molecule has 1 aliphatic carbocycles. The summed E-state index contributed by atoms with van der Waals surface area (Å²) < 4.78 is 2.04. The van der Waals surface area contributed by atoms with E-state index >= 15 is 0 Å². The highest BCUT2D eigenvalue weighted by Gasteiger charge is 2.18. The Labute approximate surface area is 123 Å². The fraction of sp³-hybridized carbons (Fsp3) is 0.500. The summed E-state index contributed by atoms with van der Waals surface area (Å²) in [5.41, 5.74) is 1.41. The Morgan fingerprint density at radius 3 is 3.05 bits per heavy atom. The standard InChI is InChI=1S/C16H20N2OS/c1-2-18-9-8-17-16(18)11-13(19)15-10-12-6-4-3-5-7-14(12)20-15/h8-10H,2-7,11H2,1H3. The number of nitrogens with zero attached hydrogens (tertiary/aromatic N) is 2. The minimum absolute atomic E-state index is 0.212. The molecule has 0 bridgehead atoms. The monoisotopic (exact) mass is 288 g/mol. The molecular weight excluding hydrogens is 268 g/mol. The third-order valence-corrected chi connectivity index (χ3v) is 5.26. The molecule has 106 valence electrons. The van der Waals surface area contributed by atoms with Gasteiger partial charge in [-0.1, -0.05) is 6.42 Å². The van der Waals surface area contributed by atoms with Crippen LogP contribution in [0, 0.1) is 0 Å². The number of aromatic nitrogens is 2. The van der Waals surface area contributed by atoms with Crippen molar-refractivity contribution in [2.75, 3.05) is 0 Å². The SMILES string of the molecule is CCn1ccnc1CC(=O)c1cc2c(s1)CCCCC2. The number of imidazole rings is 1. The molecule has 0 saturated heterocycles. The Balaban J connectivity index is 1.77. The summed E-state index contributed by atoms with van der Waals surface area (Å²) in [5.74, 6) is 1.09. The van der Waals surface area contributed by atoms with E-state index in [1.54, 1.807) is 17.5 Å². The van der Waals surface area contributed by atoms with Gasteiger partial charge >= 0.3 is 0 Å². The topological polar surface area (TPSA) is 34.9 Å². The number of Topliss-reactive ketones (excluding diaryl/α,β-unsaturated/α-hetero) is 1. The predicted molar refractivity (Wildman–Crippen MR) is 81.5 cm³/mol. The maximum Gasteiger partial charge on any atom is 0.180 e. The van der Waals surface area contributed by atoms with E-state index in [4.69, 9.17) is 0 Å². The summed E-state index contributed by atoms with van der Waals surface area (Å²) >= 11 is 1.71. The quantitative estimate of drug-likeness (QED) is 0.635. The summed E-state index contributed by atoms with van der Waals surface area (Å²) in [5, 5.41) is 0. The molecule has 2 heterocycles. The number of fused-ring (bicyclic) bond motifs is 1. The summed E-state index contributed by atoms with van der Waals surface area (Å²) in [6, 6.07) is 2.13. The van der Waals surface area contributed by atoms with Gasteiger partial charge in [-0.15, -0.1) is 11.3 Å². The molecule has 0 unspecified atom stereocenters. The number of aryl methyl sites for hydroxylation is 3. The lowest BCUT2D eigenvalue weighted by Gasteiger charge is -2.02. The van der Waals surface area contributed by atoms with Crippen LogP contribution in [0.5, 0.6) is 0 Å². The van der Waals surface area contributed by atoms with Crippen LogP contribution < -0.4 is 0 Å². The molecule has 0 aromatic carbocycles. The fourth-order valence-electron chi connectivity index (χ4n) is 2.83. The van der Waals surface area contributed by atoms with Crippen molar-refractivity contribution in [2.24, 2.45) is 0 Å². The van der Waals surface area contributed by atoms with E-state index in [-0.39, 0.29) is 5.78 Å². The molecule has 0 saturated carbocycles. The van der Waals surface area contributed by atoms with Crippen molar-refractivity contribution in [2.45, 2.75) is 52.0 Å². The minimum Gasteiger partial charge on any atom is -0.335 e. The third kappa shape index (κ3) is 2.70. The minimum atomic E-state index is 0.212. The highest BCUT2D eigenvalue weighted by molar-refractivity contribution is 7.14. The van der Waals surface area contributed by atoms with Gasteiger partial charge in [-0.05, 0) is 44.2 Å². The molecule has 0 radical (unpaired) electrons. The number of hydrogen-bond donors (Lipinski definition) is 0. The first-order chi connectivity index (χ1) is 9.78. The van der Waals surface area contributed by atoms with E-state index in [1.807, 2.05) is 10.8 Å². The van der Waals surface area contributed by atoms with Crippen LogP contribution in [-0.4, -0.2) is 15.3 Å². The first-order valence-corrected chi connectivity index (χ1v) is 8.24. The van der Waals surface area contributed by atoms with Gasteiger partial charge in [-0.3, -0.25) is 4.79 Å². The molecule has 0 spiro atoms. The van der Waals surface area contributed by atoms with Crippen molar-refractivity contribution in [3.8, 4) is 0 Å². The van der Waals surface area contributed by atoms with E-state index in [0.717, 1.165) is 30.1 Å². The van der Waals surface area contributed by atoms with Gasteiger partial charge < -0.3 is 4.57 Å². The van der Waals surface area contributed by atoms with Gasteiger partial charge in [0.15, 0.2) is 5.78 Å². The molecule has 0 fully saturated rings. The Morgan fingerprint density at radius 2 is 2.20 bits per heavy atom. The van der Waals surface area contributed by atoms with E-state index in [1.165, 1.54) is 29.7 Å². The first-order valence-electron chi connectivity index (χ1n) is 7.42. The van der Waals surface area contributed by atoms with E-state index in [0.29, 0.717) is 6.42 Å². The number of thiophene rings is 1. The van der Waals surface area contributed by atoms with Crippen molar-refractivity contribution in [1.29, 1.82) is 0 Å². The zero-order valence-corrected chi connectivity index (χ0v) is 12.7. The zero-order chi connectivity index (χ0) is 13.9. The maximum atomic E-state index is 12.4. The number of carbonyl (C=O) groups is 1. The first kappa shape index (κ1) is 13.6. The van der Waals surface area contributed by atoms with E-state index in [9.17, 15) is 4.79 Å². The summed E-state index contributed by atoms with van der Waals surface area (Å²) in [7, 11) is 0. The lowest BCUT2D eigenvalue weighted by molar-refractivity contribution is 0.0993. The summed E-state index contributed by atoms with van der Waals surface area (Å²) in [6.45, 7) is 2.94. The average Bonchev–Trinajstić information content (AvgIpc) is 3.00. The van der Waals surface area contributed by atoms with E-state index < -0.39 is 0 Å². The third-order valence-electron chi connectivity index (χ3n) is 3.98. The van der Waals surface area contributed by atoms with Crippen LogP contribution in [0.3, 0.4) is 0 Å². The largest absolute Gasteiger partial charge is 0.335 e. The average molecular weight is 288 g/mol. The Kier molecular flexibility index (Phi) is 4.01. The fourth-order valence-corrected chi connectivity index (χ4v) is 4.02. The molecule has 2 aromatic rings. The second-order valence-electron chi connectivity index (χ2n) is 5.35. The molecule has 1 aliphatic rings. The van der Waals surface area contributed by atoms with Gasteiger partial charge in [0, 0.05) is 23.8 Å². The van der Waals surface area contributed by atoms with Crippen LogP contribution in [0.25, 0.3) is 0 Å². The Hall–Kier alpha value is -1.42. The molecule has 0 atom stereocenters. The second-order valence-corrected chi connectivity index (χ2v) is 6.49. The lowest BCUT2D eigenvalue weighted by Crippen LogP contribution is -2.08. The van der Waals surface area contributed by atoms with Crippen molar-refractivity contribution in [1.82, 2.24) is 9.55 Å². The normalized spacial score (nSPS) is 14.8. The van der Waals surface area contributed by atoms with Crippen LogP contribution in [-0.2, 0) is 25.8 Å². The van der Waals surface area contributed by atoms with Crippen LogP contribution in [0.2, 0.25) is 0 Å². The molecule has 2 aromatic heterocycles. The molecule has 20 heavy (non-hydrogen) atoms.